The molecule has 0 bridgehead atoms. The fraction of sp³-hybridized carbons (Fsp3) is 0.562. The van der Waals surface area contributed by atoms with Crippen LogP contribution in [0.25, 0.3) is 0 Å². The first-order valence-electron chi connectivity index (χ1n) is 7.67. The van der Waals surface area contributed by atoms with E-state index in [4.69, 9.17) is 9.47 Å². The van der Waals surface area contributed by atoms with E-state index >= 15 is 0 Å². The van der Waals surface area contributed by atoms with Crippen LogP contribution in [0.5, 0.6) is 11.5 Å². The van der Waals surface area contributed by atoms with Gasteiger partial charge in [-0.3, -0.25) is 4.79 Å². The Balaban J connectivity index is 2.34. The van der Waals surface area contributed by atoms with E-state index in [-0.39, 0.29) is 5.91 Å². The van der Waals surface area contributed by atoms with Crippen molar-refractivity contribution < 1.29 is 22.7 Å². The number of hydrogen-bond donors (Lipinski definition) is 1. The molecule has 1 aromatic rings. The molecule has 0 spiro atoms. The van der Waals surface area contributed by atoms with Crippen LogP contribution >= 0.6 is 0 Å². The van der Waals surface area contributed by atoms with Gasteiger partial charge in [0.05, 0.1) is 20.5 Å². The highest BCUT2D eigenvalue weighted by molar-refractivity contribution is 7.88. The van der Waals surface area contributed by atoms with Crippen molar-refractivity contribution in [2.24, 2.45) is 0 Å². The Morgan fingerprint density at radius 3 is 2.46 bits per heavy atom. The Kier molecular flexibility index (Phi) is 8.00. The summed E-state index contributed by atoms with van der Waals surface area (Å²) in [4.78, 5) is 11.8. The third-order valence-corrected chi connectivity index (χ3v) is 4.94. The number of amides is 1. The summed E-state index contributed by atoms with van der Waals surface area (Å²) >= 11 is 0. The summed E-state index contributed by atoms with van der Waals surface area (Å²) in [6, 6.07) is 5.57. The van der Waals surface area contributed by atoms with Gasteiger partial charge in [0.1, 0.15) is 0 Å². The second kappa shape index (κ2) is 9.48. The summed E-state index contributed by atoms with van der Waals surface area (Å²) in [6.45, 7) is 0.833. The van der Waals surface area contributed by atoms with Crippen LogP contribution in [0.4, 0.5) is 0 Å². The Morgan fingerprint density at radius 2 is 1.88 bits per heavy atom. The van der Waals surface area contributed by atoms with Crippen LogP contribution in [-0.4, -0.2) is 59.2 Å². The monoisotopic (exact) mass is 358 g/mol. The molecule has 136 valence electrons. The number of ether oxygens (including phenoxy) is 2. The van der Waals surface area contributed by atoms with Crippen molar-refractivity contribution in [3.8, 4) is 11.5 Å². The quantitative estimate of drug-likeness (QED) is 0.632. The Hall–Kier alpha value is -1.80. The lowest BCUT2D eigenvalue weighted by atomic mass is 10.1. The molecule has 0 fully saturated rings. The smallest absolute Gasteiger partial charge is 0.220 e. The largest absolute Gasteiger partial charge is 0.493 e. The molecule has 0 aliphatic rings. The van der Waals surface area contributed by atoms with Gasteiger partial charge in [0, 0.05) is 26.6 Å². The molecule has 0 saturated carbocycles. The number of carbonyl (C=O) groups excluding carboxylic acids is 1. The zero-order valence-corrected chi connectivity index (χ0v) is 15.5. The molecule has 0 atom stereocenters. The van der Waals surface area contributed by atoms with E-state index in [1.165, 1.54) is 11.4 Å². The Bertz CT molecular complexity index is 646. The maximum atomic E-state index is 11.8. The number of methoxy groups -OCH3 is 2. The first-order chi connectivity index (χ1) is 11.3. The maximum Gasteiger partial charge on any atom is 0.220 e. The van der Waals surface area contributed by atoms with Crippen LogP contribution in [0.2, 0.25) is 0 Å². The van der Waals surface area contributed by atoms with Crippen LogP contribution in [0.3, 0.4) is 0 Å². The Morgan fingerprint density at radius 1 is 1.21 bits per heavy atom. The molecular weight excluding hydrogens is 332 g/mol. The zero-order valence-electron chi connectivity index (χ0n) is 14.7. The molecule has 1 N–H and O–H groups in total. The SMILES string of the molecule is COc1ccc(CCC(=O)NCCCN(C)S(C)(=O)=O)cc1OC. The molecule has 0 aliphatic carbocycles. The number of carbonyl (C=O) groups is 1. The molecule has 0 radical (unpaired) electrons. The van der Waals surface area contributed by atoms with Crippen LogP contribution < -0.4 is 14.8 Å². The van der Waals surface area contributed by atoms with Gasteiger partial charge in [0.15, 0.2) is 11.5 Å². The standard InChI is InChI=1S/C16H26N2O5S/c1-18(24(4,20)21)11-5-10-17-16(19)9-7-13-6-8-14(22-2)15(12-13)23-3/h6,8,12H,5,7,9-11H2,1-4H3,(H,17,19). The third kappa shape index (κ3) is 6.76. The first-order valence-corrected chi connectivity index (χ1v) is 9.51. The van der Waals surface area contributed by atoms with Crippen molar-refractivity contribution in [2.75, 3.05) is 40.6 Å². The lowest BCUT2D eigenvalue weighted by molar-refractivity contribution is -0.121. The average Bonchev–Trinajstić information content (AvgIpc) is 2.55. The number of benzene rings is 1. The van der Waals surface area contributed by atoms with Crippen LogP contribution in [-0.2, 0) is 21.2 Å². The van der Waals surface area contributed by atoms with Gasteiger partial charge in [-0.1, -0.05) is 6.07 Å². The molecule has 1 aromatic carbocycles. The molecule has 0 heterocycles. The number of nitrogens with zero attached hydrogens (tertiary/aromatic N) is 1. The summed E-state index contributed by atoms with van der Waals surface area (Å²) < 4.78 is 34.1. The van der Waals surface area contributed by atoms with Crippen molar-refractivity contribution in [3.63, 3.8) is 0 Å². The van der Waals surface area contributed by atoms with Crippen molar-refractivity contribution >= 4 is 15.9 Å². The summed E-state index contributed by atoms with van der Waals surface area (Å²) in [5, 5.41) is 2.79. The minimum absolute atomic E-state index is 0.0632. The molecule has 1 amide bonds. The second-order valence-corrected chi connectivity index (χ2v) is 7.57. The van der Waals surface area contributed by atoms with E-state index in [0.29, 0.717) is 43.9 Å². The number of aryl methyl sites for hydroxylation is 1. The molecule has 0 aliphatic heterocycles. The van der Waals surface area contributed by atoms with Crippen molar-refractivity contribution in [1.29, 1.82) is 0 Å². The lowest BCUT2D eigenvalue weighted by Crippen LogP contribution is -2.31. The van der Waals surface area contributed by atoms with Crippen LogP contribution in [0.1, 0.15) is 18.4 Å². The van der Waals surface area contributed by atoms with E-state index in [1.54, 1.807) is 14.2 Å². The average molecular weight is 358 g/mol. The minimum atomic E-state index is -3.16. The fourth-order valence-corrected chi connectivity index (χ4v) is 2.54. The van der Waals surface area contributed by atoms with Gasteiger partial charge in [0.25, 0.3) is 0 Å². The van der Waals surface area contributed by atoms with Gasteiger partial charge in [-0.2, -0.15) is 0 Å². The zero-order chi connectivity index (χ0) is 18.2. The highest BCUT2D eigenvalue weighted by atomic mass is 32.2. The van der Waals surface area contributed by atoms with Crippen molar-refractivity contribution in [1.82, 2.24) is 9.62 Å². The number of nitrogens with one attached hydrogen (secondary N) is 1. The van der Waals surface area contributed by atoms with Gasteiger partial charge in [-0.05, 0) is 30.5 Å². The normalized spacial score (nSPS) is 11.4. The van der Waals surface area contributed by atoms with E-state index in [9.17, 15) is 13.2 Å². The van der Waals surface area contributed by atoms with Gasteiger partial charge < -0.3 is 14.8 Å². The fourth-order valence-electron chi connectivity index (χ4n) is 2.08. The second-order valence-electron chi connectivity index (χ2n) is 5.48. The van der Waals surface area contributed by atoms with Crippen LogP contribution in [0.15, 0.2) is 18.2 Å². The van der Waals surface area contributed by atoms with Crippen LogP contribution in [0, 0.1) is 0 Å². The highest BCUT2D eigenvalue weighted by Gasteiger charge is 2.10. The lowest BCUT2D eigenvalue weighted by Gasteiger charge is -2.14. The maximum absolute atomic E-state index is 11.8. The summed E-state index contributed by atoms with van der Waals surface area (Å²) in [7, 11) is 1.51. The van der Waals surface area contributed by atoms with Gasteiger partial charge >= 0.3 is 0 Å². The third-order valence-electron chi connectivity index (χ3n) is 3.63. The van der Waals surface area contributed by atoms with E-state index in [1.807, 2.05) is 18.2 Å². The summed E-state index contributed by atoms with van der Waals surface area (Å²) in [6.07, 6.45) is 2.69. The first kappa shape index (κ1) is 20.2. The van der Waals surface area contributed by atoms with Crippen molar-refractivity contribution in [2.45, 2.75) is 19.3 Å². The predicted molar refractivity (Wildman–Crippen MR) is 93.0 cm³/mol. The van der Waals surface area contributed by atoms with Gasteiger partial charge in [-0.15, -0.1) is 0 Å². The molecule has 1 rings (SSSR count). The molecule has 0 saturated heterocycles. The Labute approximate surface area is 144 Å². The molecule has 24 heavy (non-hydrogen) atoms. The number of hydrogen-bond acceptors (Lipinski definition) is 5. The van der Waals surface area contributed by atoms with Crippen molar-refractivity contribution in [3.05, 3.63) is 23.8 Å². The molecule has 7 nitrogen and oxygen atoms in total. The summed E-state index contributed by atoms with van der Waals surface area (Å²) in [5.74, 6) is 1.23. The minimum Gasteiger partial charge on any atom is -0.493 e. The molecule has 8 heteroatoms. The predicted octanol–water partition coefficient (Wildman–Crippen LogP) is 1.03. The van der Waals surface area contributed by atoms with E-state index < -0.39 is 10.0 Å². The molecule has 0 unspecified atom stereocenters. The number of rotatable bonds is 10. The molecular formula is C16H26N2O5S. The van der Waals surface area contributed by atoms with Gasteiger partial charge in [0.2, 0.25) is 15.9 Å². The number of sulfonamides is 1. The van der Waals surface area contributed by atoms with Gasteiger partial charge in [-0.25, -0.2) is 12.7 Å². The highest BCUT2D eigenvalue weighted by Crippen LogP contribution is 2.27. The van der Waals surface area contributed by atoms with E-state index in [2.05, 4.69) is 5.32 Å². The molecule has 0 aromatic heterocycles. The topological polar surface area (TPSA) is 84.9 Å². The summed E-state index contributed by atoms with van der Waals surface area (Å²) in [5.41, 5.74) is 0.986. The van der Waals surface area contributed by atoms with E-state index in [0.717, 1.165) is 11.8 Å².